The molecule has 1 heterocycles. The molecule has 0 unspecified atom stereocenters. The van der Waals surface area contributed by atoms with Gasteiger partial charge in [0.1, 0.15) is 6.61 Å². The minimum absolute atomic E-state index is 0.0448. The van der Waals surface area contributed by atoms with Crippen LogP contribution in [0.1, 0.15) is 5.56 Å². The SMILES string of the molecule is CN(C)[C@H]1COc2c(cccc2OS(=O)(=O)C(F)(F)F)C1. The molecule has 0 N–H and O–H groups in total. The summed E-state index contributed by atoms with van der Waals surface area (Å²) < 4.78 is 68.8. The van der Waals surface area contributed by atoms with Crippen LogP contribution >= 0.6 is 0 Å². The summed E-state index contributed by atoms with van der Waals surface area (Å²) >= 11 is 0. The molecule has 0 fully saturated rings. The Balaban J connectivity index is 2.31. The highest BCUT2D eigenvalue weighted by Gasteiger charge is 2.49. The summed E-state index contributed by atoms with van der Waals surface area (Å²) in [5.41, 5.74) is -4.87. The van der Waals surface area contributed by atoms with E-state index in [9.17, 15) is 21.6 Å². The number of likely N-dealkylation sites (N-methyl/N-ethyl adjacent to an activating group) is 1. The number of fused-ring (bicyclic) bond motifs is 1. The molecule has 1 aromatic carbocycles. The van der Waals surface area contributed by atoms with Crippen molar-refractivity contribution < 1.29 is 30.5 Å². The summed E-state index contributed by atoms with van der Waals surface area (Å²) in [6.07, 6.45) is 0.533. The highest BCUT2D eigenvalue weighted by molar-refractivity contribution is 7.88. The zero-order valence-corrected chi connectivity index (χ0v) is 12.2. The molecule has 2 rings (SSSR count). The van der Waals surface area contributed by atoms with E-state index in [0.717, 1.165) is 6.07 Å². The second-order valence-electron chi connectivity index (χ2n) is 4.86. The third-order valence-electron chi connectivity index (χ3n) is 3.15. The van der Waals surface area contributed by atoms with E-state index in [2.05, 4.69) is 4.18 Å². The number of benzene rings is 1. The maximum atomic E-state index is 12.4. The minimum Gasteiger partial charge on any atom is -0.488 e. The number of para-hydroxylation sites is 1. The lowest BCUT2D eigenvalue weighted by Crippen LogP contribution is -2.38. The summed E-state index contributed by atoms with van der Waals surface area (Å²) in [5, 5.41) is 0. The normalized spacial score (nSPS) is 19.0. The van der Waals surface area contributed by atoms with Crippen LogP contribution in [-0.2, 0) is 16.5 Å². The number of ether oxygens (including phenoxy) is 1. The summed E-state index contributed by atoms with van der Waals surface area (Å²) in [6.45, 7) is 0.242. The summed E-state index contributed by atoms with van der Waals surface area (Å²) in [5.74, 6) is -0.398. The lowest BCUT2D eigenvalue weighted by atomic mass is 10.0. The Bertz CT molecular complexity index is 628. The molecule has 0 bridgehead atoms. The standard InChI is InChI=1S/C12H14F3NO4S/c1-16(2)9-6-8-4-3-5-10(11(8)19-7-9)20-21(17,18)12(13,14)15/h3-5,9H,6-7H2,1-2H3/t9-/m1/s1. The van der Waals surface area contributed by atoms with Crippen LogP contribution in [0.3, 0.4) is 0 Å². The third kappa shape index (κ3) is 3.24. The first kappa shape index (κ1) is 15.9. The fraction of sp³-hybridized carbons (Fsp3) is 0.500. The van der Waals surface area contributed by atoms with Crippen molar-refractivity contribution in [2.24, 2.45) is 0 Å². The van der Waals surface area contributed by atoms with Crippen LogP contribution < -0.4 is 8.92 Å². The average Bonchev–Trinajstić information content (AvgIpc) is 2.36. The van der Waals surface area contributed by atoms with Gasteiger partial charge in [0, 0.05) is 6.04 Å². The van der Waals surface area contributed by atoms with E-state index in [4.69, 9.17) is 4.74 Å². The fourth-order valence-corrected chi connectivity index (χ4v) is 2.40. The molecular weight excluding hydrogens is 311 g/mol. The summed E-state index contributed by atoms with van der Waals surface area (Å²) in [4.78, 5) is 1.92. The Morgan fingerprint density at radius 1 is 1.33 bits per heavy atom. The van der Waals surface area contributed by atoms with Crippen LogP contribution in [-0.4, -0.2) is 45.6 Å². The second-order valence-corrected chi connectivity index (χ2v) is 6.40. The number of rotatable bonds is 3. The maximum absolute atomic E-state index is 12.4. The number of hydrogen-bond acceptors (Lipinski definition) is 5. The molecule has 5 nitrogen and oxygen atoms in total. The Hall–Kier alpha value is -1.48. The zero-order chi connectivity index (χ0) is 15.8. The van der Waals surface area contributed by atoms with E-state index in [1.54, 1.807) is 6.07 Å². The largest absolute Gasteiger partial charge is 0.534 e. The van der Waals surface area contributed by atoms with Gasteiger partial charge in [0.05, 0.1) is 0 Å². The molecule has 0 saturated carbocycles. The monoisotopic (exact) mass is 325 g/mol. The van der Waals surface area contributed by atoms with Crippen LogP contribution in [0.15, 0.2) is 18.2 Å². The van der Waals surface area contributed by atoms with E-state index in [1.807, 2.05) is 19.0 Å². The van der Waals surface area contributed by atoms with Gasteiger partial charge in [0.15, 0.2) is 11.5 Å². The van der Waals surface area contributed by atoms with Gasteiger partial charge < -0.3 is 13.8 Å². The molecule has 0 saturated heterocycles. The van der Waals surface area contributed by atoms with Crippen molar-refractivity contribution >= 4 is 10.1 Å². The molecule has 0 amide bonds. The van der Waals surface area contributed by atoms with Crippen molar-refractivity contribution in [3.63, 3.8) is 0 Å². The fourth-order valence-electron chi connectivity index (χ4n) is 1.94. The molecule has 9 heteroatoms. The Morgan fingerprint density at radius 3 is 2.57 bits per heavy atom. The van der Waals surface area contributed by atoms with Gasteiger partial charge in [0.25, 0.3) is 0 Å². The predicted octanol–water partition coefficient (Wildman–Crippen LogP) is 1.78. The number of nitrogens with zero attached hydrogens (tertiary/aromatic N) is 1. The van der Waals surface area contributed by atoms with Crippen LogP contribution in [0.4, 0.5) is 13.2 Å². The smallest absolute Gasteiger partial charge is 0.488 e. The summed E-state index contributed by atoms with van der Waals surface area (Å²) in [7, 11) is -2.00. The molecular formula is C12H14F3NO4S. The highest BCUT2D eigenvalue weighted by Crippen LogP contribution is 2.38. The Labute approximate surface area is 120 Å². The van der Waals surface area contributed by atoms with Gasteiger partial charge in [-0.05, 0) is 32.1 Å². The van der Waals surface area contributed by atoms with Gasteiger partial charge >= 0.3 is 15.6 Å². The Morgan fingerprint density at radius 2 is 2.00 bits per heavy atom. The predicted molar refractivity (Wildman–Crippen MR) is 68.7 cm³/mol. The maximum Gasteiger partial charge on any atom is 0.534 e. The van der Waals surface area contributed by atoms with Gasteiger partial charge in [0.2, 0.25) is 0 Å². The first-order chi connectivity index (χ1) is 9.62. The van der Waals surface area contributed by atoms with E-state index in [0.29, 0.717) is 12.0 Å². The van der Waals surface area contributed by atoms with Gasteiger partial charge in [-0.15, -0.1) is 0 Å². The van der Waals surface area contributed by atoms with Crippen molar-refractivity contribution in [2.45, 2.75) is 18.0 Å². The van der Waals surface area contributed by atoms with Crippen molar-refractivity contribution in [3.8, 4) is 11.5 Å². The minimum atomic E-state index is -5.70. The Kier molecular flexibility index (Phi) is 4.07. The molecule has 0 aromatic heterocycles. The molecule has 1 aromatic rings. The molecule has 21 heavy (non-hydrogen) atoms. The van der Waals surface area contributed by atoms with E-state index >= 15 is 0 Å². The zero-order valence-electron chi connectivity index (χ0n) is 11.3. The molecule has 1 atom stereocenters. The van der Waals surface area contributed by atoms with Gasteiger partial charge in [-0.3, -0.25) is 0 Å². The molecule has 0 aliphatic carbocycles. The molecule has 1 aliphatic rings. The summed E-state index contributed by atoms with van der Waals surface area (Å²) in [6, 6.07) is 4.30. The van der Waals surface area contributed by atoms with Crippen LogP contribution in [0.5, 0.6) is 11.5 Å². The van der Waals surface area contributed by atoms with Gasteiger partial charge in [-0.25, -0.2) is 0 Å². The second kappa shape index (κ2) is 5.38. The van der Waals surface area contributed by atoms with E-state index in [-0.39, 0.29) is 18.4 Å². The molecule has 0 spiro atoms. The molecule has 0 radical (unpaired) electrons. The number of halogens is 3. The van der Waals surface area contributed by atoms with Crippen molar-refractivity contribution in [1.29, 1.82) is 0 Å². The number of alkyl halides is 3. The highest BCUT2D eigenvalue weighted by atomic mass is 32.2. The van der Waals surface area contributed by atoms with Crippen LogP contribution in [0.2, 0.25) is 0 Å². The quantitative estimate of drug-likeness (QED) is 0.626. The lowest BCUT2D eigenvalue weighted by molar-refractivity contribution is -0.0500. The number of hydrogen-bond donors (Lipinski definition) is 0. The molecule has 118 valence electrons. The van der Waals surface area contributed by atoms with E-state index < -0.39 is 21.4 Å². The van der Waals surface area contributed by atoms with Crippen LogP contribution in [0.25, 0.3) is 0 Å². The van der Waals surface area contributed by atoms with Crippen molar-refractivity contribution in [1.82, 2.24) is 4.90 Å². The topological polar surface area (TPSA) is 55.8 Å². The molecule has 1 aliphatic heterocycles. The van der Waals surface area contributed by atoms with Crippen molar-refractivity contribution in [3.05, 3.63) is 23.8 Å². The lowest BCUT2D eigenvalue weighted by Gasteiger charge is -2.30. The third-order valence-corrected chi connectivity index (χ3v) is 4.12. The van der Waals surface area contributed by atoms with Crippen LogP contribution in [0, 0.1) is 0 Å². The van der Waals surface area contributed by atoms with Crippen molar-refractivity contribution in [2.75, 3.05) is 20.7 Å². The average molecular weight is 325 g/mol. The van der Waals surface area contributed by atoms with Gasteiger partial charge in [-0.1, -0.05) is 12.1 Å². The van der Waals surface area contributed by atoms with Gasteiger partial charge in [-0.2, -0.15) is 21.6 Å². The van der Waals surface area contributed by atoms with E-state index in [1.165, 1.54) is 6.07 Å². The first-order valence-electron chi connectivity index (χ1n) is 6.03. The first-order valence-corrected chi connectivity index (χ1v) is 7.44.